The Hall–Kier alpha value is -2.00. The first kappa shape index (κ1) is 17.4. The zero-order valence-corrected chi connectivity index (χ0v) is 14.6. The number of carbonyl (C=O) groups is 1. The number of anilines is 1. The predicted octanol–water partition coefficient (Wildman–Crippen LogP) is 5.18. The molecule has 0 fully saturated rings. The largest absolute Gasteiger partial charge is 0.481 e. The van der Waals surface area contributed by atoms with Crippen LogP contribution >= 0.6 is 11.6 Å². The number of carbonyl (C=O) groups excluding carboxylic acids is 1. The molecular formula is C19H22ClNO2. The molecule has 0 saturated heterocycles. The Kier molecular flexibility index (Phi) is 5.67. The van der Waals surface area contributed by atoms with E-state index in [4.69, 9.17) is 16.3 Å². The van der Waals surface area contributed by atoms with Crippen molar-refractivity contribution in [2.45, 2.75) is 39.7 Å². The van der Waals surface area contributed by atoms with Gasteiger partial charge in [-0.3, -0.25) is 4.79 Å². The summed E-state index contributed by atoms with van der Waals surface area (Å²) in [4.78, 5) is 12.3. The summed E-state index contributed by atoms with van der Waals surface area (Å²) >= 11 is 6.08. The number of halogens is 1. The summed E-state index contributed by atoms with van der Waals surface area (Å²) in [5.74, 6) is 0.868. The van der Waals surface area contributed by atoms with Crippen molar-refractivity contribution in [1.82, 2.24) is 0 Å². The van der Waals surface area contributed by atoms with Gasteiger partial charge in [0.15, 0.2) is 6.10 Å². The first-order chi connectivity index (χ1) is 10.9. The van der Waals surface area contributed by atoms with Crippen LogP contribution in [0.5, 0.6) is 5.75 Å². The molecule has 0 aliphatic rings. The van der Waals surface area contributed by atoms with Gasteiger partial charge in [-0.2, -0.15) is 0 Å². The third-order valence-electron chi connectivity index (χ3n) is 3.65. The molecule has 1 amide bonds. The summed E-state index contributed by atoms with van der Waals surface area (Å²) in [5, 5.41) is 3.46. The molecular weight excluding hydrogens is 310 g/mol. The van der Waals surface area contributed by atoms with E-state index in [2.05, 4.69) is 19.2 Å². The smallest absolute Gasteiger partial charge is 0.265 e. The van der Waals surface area contributed by atoms with Gasteiger partial charge in [-0.25, -0.2) is 0 Å². The highest BCUT2D eigenvalue weighted by atomic mass is 35.5. The molecule has 2 rings (SSSR count). The number of ether oxygens (including phenoxy) is 1. The Balaban J connectivity index is 2.07. The van der Waals surface area contributed by atoms with Crippen molar-refractivity contribution in [3.8, 4) is 5.75 Å². The van der Waals surface area contributed by atoms with Crippen LogP contribution in [0.25, 0.3) is 0 Å². The van der Waals surface area contributed by atoms with Crippen LogP contribution in [0.15, 0.2) is 42.5 Å². The molecule has 4 heteroatoms. The van der Waals surface area contributed by atoms with Crippen molar-refractivity contribution in [2.24, 2.45) is 0 Å². The highest BCUT2D eigenvalue weighted by Gasteiger charge is 2.17. The van der Waals surface area contributed by atoms with Crippen molar-refractivity contribution < 1.29 is 9.53 Å². The van der Waals surface area contributed by atoms with Gasteiger partial charge in [0.2, 0.25) is 0 Å². The van der Waals surface area contributed by atoms with Crippen molar-refractivity contribution in [3.05, 3.63) is 58.6 Å². The molecule has 0 aliphatic carbocycles. The Bertz CT molecular complexity index is 698. The van der Waals surface area contributed by atoms with Crippen molar-refractivity contribution in [1.29, 1.82) is 0 Å². The molecule has 0 saturated carbocycles. The number of para-hydroxylation sites is 1. The average Bonchev–Trinajstić information content (AvgIpc) is 2.51. The second kappa shape index (κ2) is 7.51. The van der Waals surface area contributed by atoms with Crippen LogP contribution < -0.4 is 10.1 Å². The maximum absolute atomic E-state index is 12.3. The molecule has 0 unspecified atom stereocenters. The summed E-state index contributed by atoms with van der Waals surface area (Å²) < 4.78 is 5.85. The van der Waals surface area contributed by atoms with E-state index in [-0.39, 0.29) is 5.91 Å². The van der Waals surface area contributed by atoms with Crippen LogP contribution in [0.2, 0.25) is 5.02 Å². The lowest BCUT2D eigenvalue weighted by Crippen LogP contribution is -2.30. The van der Waals surface area contributed by atoms with Gasteiger partial charge >= 0.3 is 0 Å². The zero-order chi connectivity index (χ0) is 17.0. The Morgan fingerprint density at radius 2 is 1.83 bits per heavy atom. The third-order valence-corrected chi connectivity index (χ3v) is 4.06. The van der Waals surface area contributed by atoms with Gasteiger partial charge in [-0.1, -0.05) is 49.7 Å². The molecule has 1 atom stereocenters. The minimum Gasteiger partial charge on any atom is -0.481 e. The lowest BCUT2D eigenvalue weighted by molar-refractivity contribution is -0.122. The molecule has 0 bridgehead atoms. The topological polar surface area (TPSA) is 38.3 Å². The van der Waals surface area contributed by atoms with Gasteiger partial charge < -0.3 is 10.1 Å². The van der Waals surface area contributed by atoms with Crippen LogP contribution in [0.4, 0.5) is 5.69 Å². The van der Waals surface area contributed by atoms with Gasteiger partial charge in [0.1, 0.15) is 5.75 Å². The summed E-state index contributed by atoms with van der Waals surface area (Å²) in [6.45, 7) is 7.85. The predicted molar refractivity (Wildman–Crippen MR) is 95.4 cm³/mol. The summed E-state index contributed by atoms with van der Waals surface area (Å²) in [6.07, 6.45) is -0.602. The maximum Gasteiger partial charge on any atom is 0.265 e. The van der Waals surface area contributed by atoms with E-state index < -0.39 is 6.10 Å². The number of aryl methyl sites for hydroxylation is 1. The van der Waals surface area contributed by atoms with Crippen molar-refractivity contribution >= 4 is 23.2 Å². The van der Waals surface area contributed by atoms with Gasteiger partial charge in [-0.15, -0.1) is 0 Å². The number of amides is 1. The molecule has 23 heavy (non-hydrogen) atoms. The Morgan fingerprint density at radius 1 is 1.13 bits per heavy atom. The number of benzene rings is 2. The zero-order valence-electron chi connectivity index (χ0n) is 13.9. The molecule has 2 aromatic rings. The average molecular weight is 332 g/mol. The van der Waals surface area contributed by atoms with Crippen LogP contribution in [0, 0.1) is 6.92 Å². The molecule has 0 aliphatic heterocycles. The van der Waals surface area contributed by atoms with Gasteiger partial charge in [-0.05, 0) is 49.1 Å². The van der Waals surface area contributed by atoms with Crippen LogP contribution in [0.1, 0.15) is 37.8 Å². The molecule has 0 aromatic heterocycles. The normalized spacial score (nSPS) is 12.1. The van der Waals surface area contributed by atoms with Crippen LogP contribution in [-0.4, -0.2) is 12.0 Å². The van der Waals surface area contributed by atoms with E-state index in [1.807, 2.05) is 43.3 Å². The van der Waals surface area contributed by atoms with Gasteiger partial charge in [0.25, 0.3) is 5.91 Å². The van der Waals surface area contributed by atoms with E-state index in [9.17, 15) is 4.79 Å². The van der Waals surface area contributed by atoms with E-state index in [1.54, 1.807) is 13.0 Å². The first-order valence-corrected chi connectivity index (χ1v) is 8.09. The number of hydrogen-bond donors (Lipinski definition) is 1. The highest BCUT2D eigenvalue weighted by molar-refractivity contribution is 6.31. The quantitative estimate of drug-likeness (QED) is 0.820. The monoisotopic (exact) mass is 331 g/mol. The molecule has 122 valence electrons. The Morgan fingerprint density at radius 3 is 2.48 bits per heavy atom. The van der Waals surface area contributed by atoms with Crippen molar-refractivity contribution in [2.75, 3.05) is 5.32 Å². The summed E-state index contributed by atoms with van der Waals surface area (Å²) in [6, 6.07) is 13.2. The van der Waals surface area contributed by atoms with Gasteiger partial charge in [0.05, 0.1) is 0 Å². The van der Waals surface area contributed by atoms with E-state index >= 15 is 0 Å². The van der Waals surface area contributed by atoms with E-state index in [0.29, 0.717) is 16.6 Å². The van der Waals surface area contributed by atoms with E-state index in [0.717, 1.165) is 16.9 Å². The first-order valence-electron chi connectivity index (χ1n) is 7.71. The summed E-state index contributed by atoms with van der Waals surface area (Å²) in [5.41, 5.74) is 2.73. The second-order valence-electron chi connectivity index (χ2n) is 5.91. The minimum atomic E-state index is -0.602. The third kappa shape index (κ3) is 4.49. The summed E-state index contributed by atoms with van der Waals surface area (Å²) in [7, 11) is 0. The molecule has 1 N–H and O–H groups in total. The van der Waals surface area contributed by atoms with Crippen LogP contribution in [0.3, 0.4) is 0 Å². The lowest BCUT2D eigenvalue weighted by atomic mass is 10.0. The second-order valence-corrected chi connectivity index (χ2v) is 6.31. The van der Waals surface area contributed by atoms with Crippen LogP contribution in [-0.2, 0) is 4.79 Å². The number of hydrogen-bond acceptors (Lipinski definition) is 2. The number of rotatable bonds is 5. The fourth-order valence-corrected chi connectivity index (χ4v) is 2.40. The van der Waals surface area contributed by atoms with Gasteiger partial charge in [0, 0.05) is 10.7 Å². The highest BCUT2D eigenvalue weighted by Crippen LogP contribution is 2.27. The van der Waals surface area contributed by atoms with E-state index in [1.165, 1.54) is 0 Å². The number of nitrogens with one attached hydrogen (secondary N) is 1. The standard InChI is InChI=1S/C19H22ClNO2/c1-12(2)16-7-5-6-8-18(16)23-14(4)19(22)21-15-10-9-13(3)17(20)11-15/h5-12,14H,1-4H3,(H,21,22)/t14-/m1/s1. The lowest BCUT2D eigenvalue weighted by Gasteiger charge is -2.18. The molecule has 2 aromatic carbocycles. The fraction of sp³-hybridized carbons (Fsp3) is 0.316. The molecule has 0 spiro atoms. The maximum atomic E-state index is 12.3. The molecule has 0 heterocycles. The van der Waals surface area contributed by atoms with Crippen molar-refractivity contribution in [3.63, 3.8) is 0 Å². The molecule has 0 radical (unpaired) electrons. The minimum absolute atomic E-state index is 0.205. The molecule has 3 nitrogen and oxygen atoms in total. The fourth-order valence-electron chi connectivity index (χ4n) is 2.22. The SMILES string of the molecule is Cc1ccc(NC(=O)[C@@H](C)Oc2ccccc2C(C)C)cc1Cl. The Labute approximate surface area is 142 Å².